The third-order valence-corrected chi connectivity index (χ3v) is 4.04. The number of ether oxygens (including phenoxy) is 2. The van der Waals surface area contributed by atoms with Crippen molar-refractivity contribution in [2.75, 3.05) is 26.1 Å². The first-order valence-electron chi connectivity index (χ1n) is 6.99. The monoisotopic (exact) mass is 289 g/mol. The maximum absolute atomic E-state index is 6.03. The summed E-state index contributed by atoms with van der Waals surface area (Å²) in [6.07, 6.45) is 1.43. The van der Waals surface area contributed by atoms with Gasteiger partial charge in [-0.15, -0.1) is 0 Å². The number of hydrogen-bond donors (Lipinski definition) is 1. The van der Waals surface area contributed by atoms with Gasteiger partial charge >= 0.3 is 0 Å². The summed E-state index contributed by atoms with van der Waals surface area (Å²) in [5.41, 5.74) is 7.92. The highest BCUT2D eigenvalue weighted by atomic mass is 16.5. The van der Waals surface area contributed by atoms with Crippen molar-refractivity contribution in [2.45, 2.75) is 25.4 Å². The van der Waals surface area contributed by atoms with Crippen molar-refractivity contribution in [3.63, 3.8) is 0 Å². The minimum atomic E-state index is -0.530. The number of anilines is 1. The molecule has 0 atom stereocenters. The number of aromatic nitrogens is 2. The lowest BCUT2D eigenvalue weighted by Crippen LogP contribution is -2.36. The van der Waals surface area contributed by atoms with Crippen LogP contribution in [-0.2, 0) is 15.1 Å². The molecule has 6 nitrogen and oxygen atoms in total. The number of methoxy groups -OCH3 is 1. The Bertz CT molecular complexity index is 613. The van der Waals surface area contributed by atoms with E-state index in [2.05, 4.69) is 10.1 Å². The first kappa shape index (κ1) is 14.0. The van der Waals surface area contributed by atoms with Crippen LogP contribution in [0.25, 0.3) is 11.5 Å². The van der Waals surface area contributed by atoms with Crippen LogP contribution in [-0.4, -0.2) is 30.5 Å². The Morgan fingerprint density at radius 2 is 2.05 bits per heavy atom. The Labute approximate surface area is 123 Å². The van der Waals surface area contributed by atoms with Gasteiger partial charge in [-0.25, -0.2) is 0 Å². The van der Waals surface area contributed by atoms with Gasteiger partial charge in [-0.1, -0.05) is 17.3 Å². The van der Waals surface area contributed by atoms with Crippen LogP contribution in [0, 0.1) is 6.92 Å². The van der Waals surface area contributed by atoms with Crippen LogP contribution in [0.3, 0.4) is 0 Å². The first-order valence-corrected chi connectivity index (χ1v) is 6.99. The second-order valence-corrected chi connectivity index (χ2v) is 5.27. The molecule has 1 aromatic carbocycles. The number of rotatable bonds is 3. The van der Waals surface area contributed by atoms with Crippen molar-refractivity contribution in [1.29, 1.82) is 0 Å². The molecule has 1 saturated heterocycles. The van der Waals surface area contributed by atoms with Gasteiger partial charge in [0.2, 0.25) is 5.82 Å². The molecule has 1 aliphatic rings. The Morgan fingerprint density at radius 1 is 1.29 bits per heavy atom. The second-order valence-electron chi connectivity index (χ2n) is 5.27. The van der Waals surface area contributed by atoms with E-state index >= 15 is 0 Å². The zero-order chi connectivity index (χ0) is 14.9. The van der Waals surface area contributed by atoms with Gasteiger partial charge in [0.1, 0.15) is 5.60 Å². The molecule has 1 fully saturated rings. The van der Waals surface area contributed by atoms with E-state index in [4.69, 9.17) is 19.7 Å². The first-order chi connectivity index (χ1) is 10.2. The van der Waals surface area contributed by atoms with Crippen molar-refractivity contribution in [3.05, 3.63) is 29.6 Å². The third kappa shape index (κ3) is 2.41. The number of benzene rings is 1. The van der Waals surface area contributed by atoms with E-state index in [-0.39, 0.29) is 0 Å². The van der Waals surface area contributed by atoms with E-state index < -0.39 is 5.60 Å². The number of nitrogens with two attached hydrogens (primary N) is 1. The van der Waals surface area contributed by atoms with Crippen molar-refractivity contribution in [3.8, 4) is 11.5 Å². The maximum atomic E-state index is 6.03. The average molecular weight is 289 g/mol. The zero-order valence-electron chi connectivity index (χ0n) is 12.3. The van der Waals surface area contributed by atoms with Crippen LogP contribution < -0.4 is 5.73 Å². The minimum Gasteiger partial charge on any atom is -0.398 e. The van der Waals surface area contributed by atoms with E-state index in [9.17, 15) is 0 Å². The van der Waals surface area contributed by atoms with Crippen LogP contribution in [0.5, 0.6) is 0 Å². The van der Waals surface area contributed by atoms with Gasteiger partial charge in [0, 0.05) is 38.9 Å². The van der Waals surface area contributed by atoms with Gasteiger partial charge in [0.15, 0.2) is 0 Å². The fraction of sp³-hybridized carbons (Fsp3) is 0.467. The molecular formula is C15H19N3O3. The quantitative estimate of drug-likeness (QED) is 0.873. The Balaban J connectivity index is 2.00. The molecular weight excluding hydrogens is 270 g/mol. The molecule has 3 rings (SSSR count). The molecule has 1 aliphatic heterocycles. The van der Waals surface area contributed by atoms with E-state index in [0.717, 1.165) is 11.1 Å². The largest absolute Gasteiger partial charge is 0.398 e. The molecule has 2 aromatic rings. The van der Waals surface area contributed by atoms with Crippen LogP contribution in [0.1, 0.15) is 24.2 Å². The molecule has 0 saturated carbocycles. The molecule has 1 aromatic heterocycles. The number of nitrogen functional groups attached to an aromatic ring is 1. The van der Waals surface area contributed by atoms with Crippen LogP contribution in [0.2, 0.25) is 0 Å². The summed E-state index contributed by atoms with van der Waals surface area (Å²) in [7, 11) is 1.67. The van der Waals surface area contributed by atoms with Crippen molar-refractivity contribution >= 4 is 5.69 Å². The van der Waals surface area contributed by atoms with Gasteiger partial charge in [-0.2, -0.15) is 4.98 Å². The average Bonchev–Trinajstić information content (AvgIpc) is 2.98. The summed E-state index contributed by atoms with van der Waals surface area (Å²) in [4.78, 5) is 4.53. The molecule has 112 valence electrons. The summed E-state index contributed by atoms with van der Waals surface area (Å²) < 4.78 is 16.5. The summed E-state index contributed by atoms with van der Waals surface area (Å²) in [5.74, 6) is 0.995. The van der Waals surface area contributed by atoms with Crippen LogP contribution in [0.4, 0.5) is 5.69 Å². The minimum absolute atomic E-state index is 0.434. The Hall–Kier alpha value is -1.92. The SMILES string of the molecule is COC1(c2noc(-c3c(C)cccc3N)n2)CCOCC1. The number of hydrogen-bond acceptors (Lipinski definition) is 6. The lowest BCUT2D eigenvalue weighted by Gasteiger charge is -2.32. The standard InChI is InChI=1S/C15H19N3O3/c1-10-4-3-5-11(16)12(10)13-17-14(18-21-13)15(19-2)6-8-20-9-7-15/h3-5H,6-9,16H2,1-2H3. The van der Waals surface area contributed by atoms with Gasteiger partial charge in [0.25, 0.3) is 5.89 Å². The molecule has 0 radical (unpaired) electrons. The molecule has 21 heavy (non-hydrogen) atoms. The van der Waals surface area contributed by atoms with Crippen molar-refractivity contribution < 1.29 is 14.0 Å². The Morgan fingerprint density at radius 3 is 2.71 bits per heavy atom. The van der Waals surface area contributed by atoms with E-state index in [1.54, 1.807) is 7.11 Å². The summed E-state index contributed by atoms with van der Waals surface area (Å²) in [5, 5.41) is 4.12. The van der Waals surface area contributed by atoms with Crippen LogP contribution in [0.15, 0.2) is 22.7 Å². The topological polar surface area (TPSA) is 83.4 Å². The summed E-state index contributed by atoms with van der Waals surface area (Å²) in [6, 6.07) is 5.70. The molecule has 0 aliphatic carbocycles. The van der Waals surface area contributed by atoms with E-state index in [1.807, 2.05) is 25.1 Å². The predicted molar refractivity (Wildman–Crippen MR) is 77.6 cm³/mol. The molecule has 0 spiro atoms. The highest BCUT2D eigenvalue weighted by molar-refractivity contribution is 5.73. The maximum Gasteiger partial charge on any atom is 0.260 e. The normalized spacial score (nSPS) is 17.8. The smallest absolute Gasteiger partial charge is 0.260 e. The number of nitrogens with zero attached hydrogens (tertiary/aromatic N) is 2. The van der Waals surface area contributed by atoms with E-state index in [0.29, 0.717) is 43.5 Å². The van der Waals surface area contributed by atoms with Gasteiger partial charge in [-0.05, 0) is 18.6 Å². The van der Waals surface area contributed by atoms with Gasteiger partial charge < -0.3 is 19.7 Å². The second kappa shape index (κ2) is 5.46. The number of aryl methyl sites for hydroxylation is 1. The predicted octanol–water partition coefficient (Wildman–Crippen LogP) is 2.28. The molecule has 0 unspecified atom stereocenters. The lowest BCUT2D eigenvalue weighted by molar-refractivity contribution is -0.101. The molecule has 6 heteroatoms. The zero-order valence-corrected chi connectivity index (χ0v) is 12.3. The molecule has 2 N–H and O–H groups in total. The lowest BCUT2D eigenvalue weighted by atomic mass is 9.93. The van der Waals surface area contributed by atoms with Crippen molar-refractivity contribution in [1.82, 2.24) is 10.1 Å². The molecule has 0 bridgehead atoms. The Kier molecular flexibility index (Phi) is 3.65. The molecule has 0 amide bonds. The molecule has 2 heterocycles. The van der Waals surface area contributed by atoms with E-state index in [1.165, 1.54) is 0 Å². The summed E-state index contributed by atoms with van der Waals surface area (Å²) in [6.45, 7) is 3.23. The summed E-state index contributed by atoms with van der Waals surface area (Å²) >= 11 is 0. The van der Waals surface area contributed by atoms with Gasteiger partial charge in [0.05, 0.1) is 5.56 Å². The highest BCUT2D eigenvalue weighted by Gasteiger charge is 2.39. The van der Waals surface area contributed by atoms with Gasteiger partial charge in [-0.3, -0.25) is 0 Å². The fourth-order valence-electron chi connectivity index (χ4n) is 2.71. The fourth-order valence-corrected chi connectivity index (χ4v) is 2.71. The van der Waals surface area contributed by atoms with Crippen LogP contribution >= 0.6 is 0 Å². The third-order valence-electron chi connectivity index (χ3n) is 4.04. The van der Waals surface area contributed by atoms with Crippen molar-refractivity contribution in [2.24, 2.45) is 0 Å². The highest BCUT2D eigenvalue weighted by Crippen LogP contribution is 2.36.